The van der Waals surface area contributed by atoms with Gasteiger partial charge in [-0.2, -0.15) is 0 Å². The van der Waals surface area contributed by atoms with E-state index in [9.17, 15) is 0 Å². The van der Waals surface area contributed by atoms with Crippen LogP contribution in [-0.4, -0.2) is 19.2 Å². The number of hydrogen-bond acceptors (Lipinski definition) is 2. The summed E-state index contributed by atoms with van der Waals surface area (Å²) in [6.07, 6.45) is 3.83. The maximum absolute atomic E-state index is 6.26. The van der Waals surface area contributed by atoms with Crippen molar-refractivity contribution in [1.29, 1.82) is 0 Å². The number of aryl methyl sites for hydroxylation is 1. The molecule has 0 radical (unpaired) electrons. The van der Waals surface area contributed by atoms with Crippen molar-refractivity contribution in [3.8, 4) is 5.75 Å². The fourth-order valence-electron chi connectivity index (χ4n) is 3.27. The molecule has 2 heteroatoms. The topological polar surface area (TPSA) is 21.3 Å². The summed E-state index contributed by atoms with van der Waals surface area (Å²) in [6, 6.07) is 9.01. The molecule has 1 aromatic rings. The molecule has 1 fully saturated rings. The molecule has 1 aliphatic carbocycles. The Hall–Kier alpha value is -1.02. The first-order chi connectivity index (χ1) is 9.13. The third-order valence-corrected chi connectivity index (χ3v) is 4.36. The van der Waals surface area contributed by atoms with E-state index in [1.165, 1.54) is 18.4 Å². The van der Waals surface area contributed by atoms with Crippen LogP contribution in [0.3, 0.4) is 0 Å². The maximum atomic E-state index is 6.26. The summed E-state index contributed by atoms with van der Waals surface area (Å²) in [4.78, 5) is 0. The van der Waals surface area contributed by atoms with Crippen LogP contribution in [0.25, 0.3) is 0 Å². The Morgan fingerprint density at radius 3 is 2.42 bits per heavy atom. The molecule has 0 spiro atoms. The molecule has 0 aliphatic heterocycles. The minimum atomic E-state index is 0.286. The van der Waals surface area contributed by atoms with Gasteiger partial charge in [-0.15, -0.1) is 0 Å². The summed E-state index contributed by atoms with van der Waals surface area (Å²) in [5, 5.41) is 3.43. The molecule has 1 saturated carbocycles. The SMILES string of the molecule is CCc1ccc(OC2C(C)CC(C)CC2NC)cc1. The fraction of sp³-hybridized carbons (Fsp3) is 0.647. The number of likely N-dealkylation sites (N-methyl/N-ethyl adjacent to an activating group) is 1. The molecule has 1 aromatic carbocycles. The van der Waals surface area contributed by atoms with Gasteiger partial charge in [0.2, 0.25) is 0 Å². The predicted molar refractivity (Wildman–Crippen MR) is 80.6 cm³/mol. The Morgan fingerprint density at radius 2 is 1.84 bits per heavy atom. The zero-order valence-electron chi connectivity index (χ0n) is 12.6. The Kier molecular flexibility index (Phi) is 4.87. The number of hydrogen-bond donors (Lipinski definition) is 1. The second-order valence-electron chi connectivity index (χ2n) is 6.03. The van der Waals surface area contributed by atoms with Gasteiger partial charge >= 0.3 is 0 Å². The van der Waals surface area contributed by atoms with E-state index in [1.54, 1.807) is 0 Å². The van der Waals surface area contributed by atoms with Crippen LogP contribution in [0.4, 0.5) is 0 Å². The van der Waals surface area contributed by atoms with E-state index in [0.29, 0.717) is 12.0 Å². The van der Waals surface area contributed by atoms with Crippen LogP contribution in [-0.2, 0) is 6.42 Å². The number of benzene rings is 1. The van der Waals surface area contributed by atoms with Crippen LogP contribution in [0, 0.1) is 11.8 Å². The lowest BCUT2D eigenvalue weighted by molar-refractivity contribution is 0.0507. The molecule has 1 aliphatic rings. The van der Waals surface area contributed by atoms with Crippen LogP contribution in [0.2, 0.25) is 0 Å². The molecule has 19 heavy (non-hydrogen) atoms. The third kappa shape index (κ3) is 3.50. The van der Waals surface area contributed by atoms with Crippen molar-refractivity contribution in [3.63, 3.8) is 0 Å². The van der Waals surface area contributed by atoms with Crippen LogP contribution in [0.1, 0.15) is 39.2 Å². The average molecular weight is 261 g/mol. The van der Waals surface area contributed by atoms with Crippen molar-refractivity contribution >= 4 is 0 Å². The largest absolute Gasteiger partial charge is 0.489 e. The number of ether oxygens (including phenoxy) is 1. The molecule has 0 amide bonds. The summed E-state index contributed by atoms with van der Waals surface area (Å²) < 4.78 is 6.26. The monoisotopic (exact) mass is 261 g/mol. The highest BCUT2D eigenvalue weighted by atomic mass is 16.5. The van der Waals surface area contributed by atoms with E-state index in [2.05, 4.69) is 50.4 Å². The Labute approximate surface area is 117 Å². The van der Waals surface area contributed by atoms with Gasteiger partial charge in [0.05, 0.1) is 0 Å². The number of nitrogens with one attached hydrogen (secondary N) is 1. The quantitative estimate of drug-likeness (QED) is 0.893. The minimum absolute atomic E-state index is 0.286. The summed E-state index contributed by atoms with van der Waals surface area (Å²) in [5.41, 5.74) is 1.36. The molecule has 1 N–H and O–H groups in total. The highest BCUT2D eigenvalue weighted by Gasteiger charge is 2.34. The summed E-state index contributed by atoms with van der Waals surface area (Å²) in [7, 11) is 2.05. The first kappa shape index (κ1) is 14.4. The molecule has 4 atom stereocenters. The van der Waals surface area contributed by atoms with Gasteiger partial charge in [0, 0.05) is 6.04 Å². The third-order valence-electron chi connectivity index (χ3n) is 4.36. The van der Waals surface area contributed by atoms with E-state index in [1.807, 2.05) is 7.05 Å². The van der Waals surface area contributed by atoms with Crippen LogP contribution in [0.15, 0.2) is 24.3 Å². The Bertz CT molecular complexity index is 387. The van der Waals surface area contributed by atoms with Crippen molar-refractivity contribution in [2.45, 2.75) is 52.2 Å². The molecule has 0 saturated heterocycles. The van der Waals surface area contributed by atoms with E-state index in [0.717, 1.165) is 18.1 Å². The normalized spacial score (nSPS) is 31.2. The van der Waals surface area contributed by atoms with E-state index < -0.39 is 0 Å². The summed E-state index contributed by atoms with van der Waals surface area (Å²) in [5.74, 6) is 2.39. The smallest absolute Gasteiger partial charge is 0.119 e. The zero-order chi connectivity index (χ0) is 13.8. The van der Waals surface area contributed by atoms with Crippen LogP contribution >= 0.6 is 0 Å². The van der Waals surface area contributed by atoms with Crippen molar-refractivity contribution in [2.75, 3.05) is 7.05 Å². The Balaban J connectivity index is 2.06. The predicted octanol–water partition coefficient (Wildman–Crippen LogP) is 3.65. The summed E-state index contributed by atoms with van der Waals surface area (Å²) >= 11 is 0. The van der Waals surface area contributed by atoms with Crippen molar-refractivity contribution < 1.29 is 4.74 Å². The second-order valence-corrected chi connectivity index (χ2v) is 6.03. The van der Waals surface area contributed by atoms with Gasteiger partial charge in [-0.25, -0.2) is 0 Å². The van der Waals surface area contributed by atoms with Crippen molar-refractivity contribution in [2.24, 2.45) is 11.8 Å². The minimum Gasteiger partial charge on any atom is -0.489 e. The molecule has 2 rings (SSSR count). The second kappa shape index (κ2) is 6.42. The highest BCUT2D eigenvalue weighted by Crippen LogP contribution is 2.32. The van der Waals surface area contributed by atoms with E-state index >= 15 is 0 Å². The van der Waals surface area contributed by atoms with Gasteiger partial charge in [-0.05, 0) is 55.8 Å². The first-order valence-corrected chi connectivity index (χ1v) is 7.56. The van der Waals surface area contributed by atoms with E-state index in [-0.39, 0.29) is 6.10 Å². The molecule has 0 aromatic heterocycles. The molecule has 4 unspecified atom stereocenters. The Morgan fingerprint density at radius 1 is 1.16 bits per heavy atom. The average Bonchev–Trinajstić information content (AvgIpc) is 2.42. The molecule has 2 nitrogen and oxygen atoms in total. The van der Waals surface area contributed by atoms with Gasteiger partial charge in [-0.3, -0.25) is 0 Å². The van der Waals surface area contributed by atoms with E-state index in [4.69, 9.17) is 4.74 Å². The molecular weight excluding hydrogens is 234 g/mol. The molecular formula is C17H27NO. The lowest BCUT2D eigenvalue weighted by Crippen LogP contribution is -2.49. The number of rotatable bonds is 4. The van der Waals surface area contributed by atoms with Crippen LogP contribution < -0.4 is 10.1 Å². The van der Waals surface area contributed by atoms with Gasteiger partial charge < -0.3 is 10.1 Å². The van der Waals surface area contributed by atoms with Crippen molar-refractivity contribution in [1.82, 2.24) is 5.32 Å². The zero-order valence-corrected chi connectivity index (χ0v) is 12.6. The first-order valence-electron chi connectivity index (χ1n) is 7.56. The lowest BCUT2D eigenvalue weighted by Gasteiger charge is -2.39. The van der Waals surface area contributed by atoms with Crippen LogP contribution in [0.5, 0.6) is 5.75 Å². The maximum Gasteiger partial charge on any atom is 0.119 e. The van der Waals surface area contributed by atoms with Gasteiger partial charge in [0.25, 0.3) is 0 Å². The molecule has 106 valence electrons. The van der Waals surface area contributed by atoms with Gasteiger partial charge in [0.1, 0.15) is 11.9 Å². The highest BCUT2D eigenvalue weighted by molar-refractivity contribution is 5.27. The van der Waals surface area contributed by atoms with Gasteiger partial charge in [0.15, 0.2) is 0 Å². The molecule has 0 heterocycles. The fourth-order valence-corrected chi connectivity index (χ4v) is 3.27. The van der Waals surface area contributed by atoms with Gasteiger partial charge in [-0.1, -0.05) is 32.9 Å². The lowest BCUT2D eigenvalue weighted by atomic mass is 9.78. The van der Waals surface area contributed by atoms with Crippen molar-refractivity contribution in [3.05, 3.63) is 29.8 Å². The molecule has 0 bridgehead atoms. The summed E-state index contributed by atoms with van der Waals surface area (Å²) in [6.45, 7) is 6.83. The standard InChI is InChI=1S/C17H27NO/c1-5-14-6-8-15(9-7-14)19-17-13(3)10-12(2)11-16(17)18-4/h6-9,12-13,16-18H,5,10-11H2,1-4H3.